The van der Waals surface area contributed by atoms with Crippen LogP contribution in [0, 0.1) is 0 Å². The molecule has 8 nitrogen and oxygen atoms in total. The third-order valence-corrected chi connectivity index (χ3v) is 7.46. The summed E-state index contributed by atoms with van der Waals surface area (Å²) in [5, 5.41) is 4.09. The van der Waals surface area contributed by atoms with Gasteiger partial charge in [0.25, 0.3) is 0 Å². The number of fused-ring (bicyclic) bond motifs is 1. The van der Waals surface area contributed by atoms with E-state index in [0.717, 1.165) is 32.2 Å². The number of methoxy groups -OCH3 is 1. The van der Waals surface area contributed by atoms with E-state index in [1.807, 2.05) is 66.5 Å². The Hall–Kier alpha value is -3.82. The molecule has 3 amide bonds. The number of rotatable bonds is 13. The van der Waals surface area contributed by atoms with Gasteiger partial charge in [-0.25, -0.2) is 4.79 Å². The predicted octanol–water partition coefficient (Wildman–Crippen LogP) is 6.14. The van der Waals surface area contributed by atoms with Crippen LogP contribution in [0.25, 0.3) is 10.9 Å². The lowest BCUT2D eigenvalue weighted by Gasteiger charge is -2.28. The Bertz CT molecular complexity index is 1440. The highest BCUT2D eigenvalue weighted by atomic mass is 79.9. The normalized spacial score (nSPS) is 10.9. The number of hydrogen-bond donors (Lipinski definition) is 2. The van der Waals surface area contributed by atoms with Crippen LogP contribution in [0.1, 0.15) is 17.5 Å². The van der Waals surface area contributed by atoms with E-state index in [-0.39, 0.29) is 18.5 Å². The lowest BCUT2D eigenvalue weighted by atomic mass is 10.1. The van der Waals surface area contributed by atoms with Crippen LogP contribution in [0.3, 0.4) is 0 Å². The zero-order chi connectivity index (χ0) is 29.2. The first kappa shape index (κ1) is 30.1. The third-order valence-electron chi connectivity index (χ3n) is 6.97. The lowest BCUT2D eigenvalue weighted by molar-refractivity contribution is -0.132. The number of amides is 3. The van der Waals surface area contributed by atoms with Crippen molar-refractivity contribution in [3.05, 3.63) is 94.6 Å². The molecule has 0 fully saturated rings. The maximum absolute atomic E-state index is 13.8. The van der Waals surface area contributed by atoms with Crippen molar-refractivity contribution in [3.8, 4) is 0 Å². The van der Waals surface area contributed by atoms with Crippen LogP contribution >= 0.6 is 15.9 Å². The van der Waals surface area contributed by atoms with Gasteiger partial charge >= 0.3 is 6.03 Å². The highest BCUT2D eigenvalue weighted by molar-refractivity contribution is 9.10. The fourth-order valence-corrected chi connectivity index (χ4v) is 5.09. The van der Waals surface area contributed by atoms with Crippen molar-refractivity contribution in [2.75, 3.05) is 57.7 Å². The largest absolute Gasteiger partial charge is 0.385 e. The Morgan fingerprint density at radius 2 is 1.73 bits per heavy atom. The van der Waals surface area contributed by atoms with Gasteiger partial charge in [0.05, 0.1) is 0 Å². The molecule has 0 saturated carbocycles. The lowest BCUT2D eigenvalue weighted by Crippen LogP contribution is -2.45. The summed E-state index contributed by atoms with van der Waals surface area (Å²) in [5.74, 6) is -0.108. The number of urea groups is 1. The number of hydrogen-bond acceptors (Lipinski definition) is 4. The van der Waals surface area contributed by atoms with Crippen molar-refractivity contribution in [2.45, 2.75) is 19.4 Å². The fourth-order valence-electron chi connectivity index (χ4n) is 4.69. The maximum Gasteiger partial charge on any atom is 0.322 e. The second-order valence-corrected chi connectivity index (χ2v) is 11.1. The quantitative estimate of drug-likeness (QED) is 0.176. The van der Waals surface area contributed by atoms with E-state index >= 15 is 0 Å². The first-order chi connectivity index (χ1) is 19.8. The molecule has 1 aromatic heterocycles. The first-order valence-electron chi connectivity index (χ1n) is 13.7. The highest BCUT2D eigenvalue weighted by Crippen LogP contribution is 2.20. The number of benzene rings is 3. The number of aromatic nitrogens is 1. The van der Waals surface area contributed by atoms with E-state index in [4.69, 9.17) is 4.74 Å². The summed E-state index contributed by atoms with van der Waals surface area (Å²) < 4.78 is 6.07. The van der Waals surface area contributed by atoms with Crippen LogP contribution < -0.4 is 10.2 Å². The molecule has 3 aromatic carbocycles. The number of nitrogens with one attached hydrogen (secondary N) is 2. The van der Waals surface area contributed by atoms with E-state index in [0.29, 0.717) is 44.8 Å². The molecule has 0 aliphatic heterocycles. The molecule has 4 rings (SSSR count). The molecule has 0 spiro atoms. The van der Waals surface area contributed by atoms with Crippen LogP contribution in [-0.4, -0.2) is 74.2 Å². The summed E-state index contributed by atoms with van der Waals surface area (Å²) in [5.41, 5.74) is 5.02. The number of carbonyl (C=O) groups excluding carboxylic acids is 2. The number of halogens is 1. The zero-order valence-corrected chi connectivity index (χ0v) is 25.5. The fraction of sp³-hybridized carbons (Fsp3) is 0.312. The van der Waals surface area contributed by atoms with Gasteiger partial charge in [-0.15, -0.1) is 0 Å². The molecule has 0 radical (unpaired) electrons. The Balaban J connectivity index is 1.52. The van der Waals surface area contributed by atoms with Crippen molar-refractivity contribution >= 4 is 50.1 Å². The van der Waals surface area contributed by atoms with Gasteiger partial charge in [-0.3, -0.25) is 4.79 Å². The minimum atomic E-state index is -0.320. The Labute approximate surface area is 250 Å². The van der Waals surface area contributed by atoms with Crippen molar-refractivity contribution in [3.63, 3.8) is 0 Å². The standard InChI is InChI=1S/C32H38BrN5O3/c1-36(2)28-14-12-24(13-15-28)22-37(18-16-25-21-34-30-11-5-4-10-29(25)30)31(39)23-38(17-7-19-41-3)32(40)35-27-9-6-8-26(33)20-27/h4-6,8-15,20-21,34H,7,16-19,22-23H2,1-3H3,(H,35,40). The first-order valence-corrected chi connectivity index (χ1v) is 14.5. The SMILES string of the molecule is COCCCN(CC(=O)N(CCc1c[nH]c2ccccc12)Cc1ccc(N(C)C)cc1)C(=O)Nc1cccc(Br)c1. The van der Waals surface area contributed by atoms with Gasteiger partial charge in [-0.1, -0.05) is 52.3 Å². The number of ether oxygens (including phenoxy) is 1. The van der Waals surface area contributed by atoms with Crippen LogP contribution in [0.5, 0.6) is 0 Å². The Kier molecular flexibility index (Phi) is 10.8. The van der Waals surface area contributed by atoms with E-state index in [1.54, 1.807) is 12.0 Å². The summed E-state index contributed by atoms with van der Waals surface area (Å²) in [6.07, 6.45) is 3.33. The van der Waals surface area contributed by atoms with Gasteiger partial charge in [-0.05, 0) is 60.4 Å². The summed E-state index contributed by atoms with van der Waals surface area (Å²) in [7, 11) is 5.64. The van der Waals surface area contributed by atoms with Gasteiger partial charge < -0.3 is 29.7 Å². The van der Waals surface area contributed by atoms with Crippen LogP contribution in [0.2, 0.25) is 0 Å². The van der Waals surface area contributed by atoms with Crippen molar-refractivity contribution in [1.29, 1.82) is 0 Å². The summed E-state index contributed by atoms with van der Waals surface area (Å²) in [4.78, 5) is 35.9. The molecule has 4 aromatic rings. The third kappa shape index (κ3) is 8.58. The molecule has 2 N–H and O–H groups in total. The molecule has 41 heavy (non-hydrogen) atoms. The zero-order valence-electron chi connectivity index (χ0n) is 23.9. The highest BCUT2D eigenvalue weighted by Gasteiger charge is 2.22. The second kappa shape index (κ2) is 14.7. The minimum Gasteiger partial charge on any atom is -0.385 e. The second-order valence-electron chi connectivity index (χ2n) is 10.2. The molecule has 0 unspecified atom stereocenters. The van der Waals surface area contributed by atoms with Crippen molar-refractivity contribution in [2.24, 2.45) is 0 Å². The molecule has 0 saturated heterocycles. The number of aromatic amines is 1. The molecule has 1 heterocycles. The molecule has 0 bridgehead atoms. The number of anilines is 2. The van der Waals surface area contributed by atoms with Crippen LogP contribution in [0.4, 0.5) is 16.2 Å². The van der Waals surface area contributed by atoms with E-state index in [9.17, 15) is 9.59 Å². The molecule has 9 heteroatoms. The maximum atomic E-state index is 13.8. The molecule has 0 aliphatic carbocycles. The molecular weight excluding hydrogens is 582 g/mol. The summed E-state index contributed by atoms with van der Waals surface area (Å²) in [6.45, 7) is 1.83. The average molecular weight is 621 g/mol. The molecule has 0 atom stereocenters. The van der Waals surface area contributed by atoms with E-state index in [2.05, 4.69) is 62.6 Å². The summed E-state index contributed by atoms with van der Waals surface area (Å²) >= 11 is 3.44. The van der Waals surface area contributed by atoms with Crippen LogP contribution in [-0.2, 0) is 22.5 Å². The molecular formula is C32H38BrN5O3. The number of nitrogens with zero attached hydrogens (tertiary/aromatic N) is 3. The van der Waals surface area contributed by atoms with Gasteiger partial charge in [0.2, 0.25) is 5.91 Å². The number of para-hydroxylation sites is 1. The molecule has 0 aliphatic rings. The smallest absolute Gasteiger partial charge is 0.322 e. The predicted molar refractivity (Wildman–Crippen MR) is 169 cm³/mol. The van der Waals surface area contributed by atoms with Crippen molar-refractivity contribution in [1.82, 2.24) is 14.8 Å². The van der Waals surface area contributed by atoms with Gasteiger partial charge in [0, 0.05) is 80.4 Å². The monoisotopic (exact) mass is 619 g/mol. The Morgan fingerprint density at radius 1 is 0.951 bits per heavy atom. The Morgan fingerprint density at radius 3 is 2.46 bits per heavy atom. The molecule has 216 valence electrons. The van der Waals surface area contributed by atoms with Gasteiger partial charge in [0.15, 0.2) is 0 Å². The van der Waals surface area contributed by atoms with Crippen LogP contribution in [0.15, 0.2) is 83.5 Å². The number of carbonyl (C=O) groups is 2. The van der Waals surface area contributed by atoms with E-state index < -0.39 is 0 Å². The van der Waals surface area contributed by atoms with E-state index in [1.165, 1.54) is 0 Å². The van der Waals surface area contributed by atoms with Gasteiger partial charge in [0.1, 0.15) is 6.54 Å². The minimum absolute atomic E-state index is 0.0345. The number of H-pyrrole nitrogens is 1. The average Bonchev–Trinajstić information content (AvgIpc) is 3.38. The summed E-state index contributed by atoms with van der Waals surface area (Å²) in [6, 6.07) is 23.5. The van der Waals surface area contributed by atoms with Gasteiger partial charge in [-0.2, -0.15) is 0 Å². The van der Waals surface area contributed by atoms with Crippen molar-refractivity contribution < 1.29 is 14.3 Å². The topological polar surface area (TPSA) is 80.9 Å².